The fourth-order valence-electron chi connectivity index (χ4n) is 2.69. The molecular formula is C19H27N5O2. The van der Waals surface area contributed by atoms with Gasteiger partial charge < -0.3 is 9.64 Å². The molecule has 0 saturated heterocycles. The van der Waals surface area contributed by atoms with Crippen LogP contribution >= 0.6 is 0 Å². The highest BCUT2D eigenvalue weighted by Crippen LogP contribution is 2.26. The summed E-state index contributed by atoms with van der Waals surface area (Å²) in [5, 5.41) is 0. The van der Waals surface area contributed by atoms with Gasteiger partial charge in [0.15, 0.2) is 0 Å². The zero-order valence-corrected chi connectivity index (χ0v) is 16.2. The van der Waals surface area contributed by atoms with E-state index in [1.165, 1.54) is 0 Å². The Labute approximate surface area is 155 Å². The van der Waals surface area contributed by atoms with Gasteiger partial charge in [-0.05, 0) is 40.0 Å². The van der Waals surface area contributed by atoms with Gasteiger partial charge in [0, 0.05) is 18.8 Å². The second-order valence-corrected chi connectivity index (χ2v) is 7.09. The third-order valence-electron chi connectivity index (χ3n) is 3.97. The van der Waals surface area contributed by atoms with Crippen LogP contribution in [0.2, 0.25) is 0 Å². The van der Waals surface area contributed by atoms with E-state index in [0.717, 1.165) is 29.1 Å². The zero-order chi connectivity index (χ0) is 19.5. The molecule has 7 nitrogen and oxygen atoms in total. The molecule has 1 aliphatic rings. The number of likely N-dealkylation sites (N-methyl/N-ethyl adjacent to an activating group) is 1. The van der Waals surface area contributed by atoms with Crippen molar-refractivity contribution in [1.29, 1.82) is 0 Å². The van der Waals surface area contributed by atoms with Gasteiger partial charge >= 0.3 is 6.09 Å². The molecule has 2 rings (SSSR count). The van der Waals surface area contributed by atoms with E-state index < -0.39 is 5.60 Å². The van der Waals surface area contributed by atoms with Gasteiger partial charge in [0.2, 0.25) is 5.95 Å². The second kappa shape index (κ2) is 7.68. The molecule has 26 heavy (non-hydrogen) atoms. The molecule has 7 heteroatoms. The fourth-order valence-corrected chi connectivity index (χ4v) is 2.69. The number of carbonyl (C=O) groups excluding carboxylic acids is 1. The number of hydrogen-bond acceptors (Lipinski definition) is 6. The zero-order valence-electron chi connectivity index (χ0n) is 16.2. The summed E-state index contributed by atoms with van der Waals surface area (Å²) in [7, 11) is 1.86. The molecule has 0 unspecified atom stereocenters. The molecule has 0 N–H and O–H groups in total. The van der Waals surface area contributed by atoms with Crippen molar-refractivity contribution < 1.29 is 9.53 Å². The van der Waals surface area contributed by atoms with E-state index in [0.29, 0.717) is 19.0 Å². The number of nitrogens with zero attached hydrogens (tertiary/aromatic N) is 5. The van der Waals surface area contributed by atoms with Gasteiger partial charge in [-0.1, -0.05) is 13.5 Å². The predicted molar refractivity (Wildman–Crippen MR) is 103 cm³/mol. The first-order valence-electron chi connectivity index (χ1n) is 8.59. The van der Waals surface area contributed by atoms with E-state index in [9.17, 15) is 4.79 Å². The molecule has 0 spiro atoms. The molecule has 0 bridgehead atoms. The van der Waals surface area contributed by atoms with Crippen LogP contribution in [-0.2, 0) is 17.8 Å². The number of fused-ring (bicyclic) bond motifs is 1. The van der Waals surface area contributed by atoms with Crippen LogP contribution in [0.25, 0.3) is 0 Å². The molecule has 1 aromatic heterocycles. The van der Waals surface area contributed by atoms with Crippen molar-refractivity contribution in [2.75, 3.05) is 11.9 Å². The maximum Gasteiger partial charge on any atom is 0.410 e. The van der Waals surface area contributed by atoms with Crippen LogP contribution in [0.1, 0.15) is 45.4 Å². The summed E-state index contributed by atoms with van der Waals surface area (Å²) >= 11 is 0. The van der Waals surface area contributed by atoms with Crippen LogP contribution in [-0.4, -0.2) is 40.3 Å². The third kappa shape index (κ3) is 4.28. The molecule has 1 amide bonds. The number of anilines is 1. The number of rotatable bonds is 5. The molecule has 0 radical (unpaired) electrons. The van der Waals surface area contributed by atoms with Crippen molar-refractivity contribution >= 4 is 18.8 Å². The Morgan fingerprint density at radius 3 is 2.69 bits per heavy atom. The van der Waals surface area contributed by atoms with E-state index in [-0.39, 0.29) is 6.09 Å². The van der Waals surface area contributed by atoms with Gasteiger partial charge in [-0.25, -0.2) is 14.8 Å². The molecule has 2 heterocycles. The minimum atomic E-state index is -0.527. The first-order valence-corrected chi connectivity index (χ1v) is 8.59. The molecule has 0 aromatic carbocycles. The quantitative estimate of drug-likeness (QED) is 0.594. The normalized spacial score (nSPS) is 14.4. The Morgan fingerprint density at radius 1 is 1.46 bits per heavy atom. The number of allylic oxidation sites excluding steroid dienone is 2. The molecule has 1 aromatic rings. The highest BCUT2D eigenvalue weighted by molar-refractivity contribution is 5.69. The summed E-state index contributed by atoms with van der Waals surface area (Å²) in [6, 6.07) is 0. The number of amides is 1. The Bertz CT molecular complexity index is 749. The lowest BCUT2D eigenvalue weighted by molar-refractivity contribution is 0.0240. The van der Waals surface area contributed by atoms with Crippen LogP contribution in [0, 0.1) is 0 Å². The predicted octanol–water partition coefficient (Wildman–Crippen LogP) is 3.67. The maximum absolute atomic E-state index is 12.3. The summed E-state index contributed by atoms with van der Waals surface area (Å²) in [4.78, 5) is 28.8. The smallest absolute Gasteiger partial charge is 0.410 e. The Kier molecular flexibility index (Phi) is 5.79. The van der Waals surface area contributed by atoms with Crippen molar-refractivity contribution in [3.05, 3.63) is 41.5 Å². The highest BCUT2D eigenvalue weighted by Gasteiger charge is 2.29. The van der Waals surface area contributed by atoms with Crippen molar-refractivity contribution in [3.8, 4) is 0 Å². The summed E-state index contributed by atoms with van der Waals surface area (Å²) in [6.07, 6.45) is 3.86. The average molecular weight is 357 g/mol. The average Bonchev–Trinajstić information content (AvgIpc) is 3.00. The minimum absolute atomic E-state index is 0.346. The number of hydrogen-bond donors (Lipinski definition) is 0. The van der Waals surface area contributed by atoms with Gasteiger partial charge in [0.25, 0.3) is 0 Å². The van der Waals surface area contributed by atoms with Gasteiger partial charge in [0.1, 0.15) is 5.60 Å². The number of aliphatic imine (C=N–C) groups is 1. The summed E-state index contributed by atoms with van der Waals surface area (Å²) in [6.45, 7) is 15.9. The second-order valence-electron chi connectivity index (χ2n) is 7.09. The van der Waals surface area contributed by atoms with E-state index in [2.05, 4.69) is 28.3 Å². The summed E-state index contributed by atoms with van der Waals surface area (Å²) in [5.74, 6) is 0.527. The molecule has 1 aliphatic heterocycles. The van der Waals surface area contributed by atoms with Crippen molar-refractivity contribution in [3.63, 3.8) is 0 Å². The molecule has 140 valence electrons. The summed E-state index contributed by atoms with van der Waals surface area (Å²) < 4.78 is 5.44. The van der Waals surface area contributed by atoms with E-state index >= 15 is 0 Å². The number of aromatic nitrogens is 2. The fraction of sp³-hybridized carbons (Fsp3) is 0.474. The minimum Gasteiger partial charge on any atom is -0.444 e. The standard InChI is InChI=1S/C19H27N5O2/c1-8-14(20-6)16(9-2)23(7)17-21-10-13-11-24(12-15(13)22-17)18(25)26-19(3,4)5/h9-10H,2,6,8,11-12H2,1,3-5,7H3/b16-14+. The van der Waals surface area contributed by atoms with Crippen molar-refractivity contribution in [1.82, 2.24) is 14.9 Å². The molecule has 0 aliphatic carbocycles. The van der Waals surface area contributed by atoms with Crippen LogP contribution in [0.15, 0.2) is 35.2 Å². The maximum atomic E-state index is 12.3. The first kappa shape index (κ1) is 19.6. The van der Waals surface area contributed by atoms with Crippen molar-refractivity contribution in [2.24, 2.45) is 4.99 Å². The molecular weight excluding hydrogens is 330 g/mol. The Morgan fingerprint density at radius 2 is 2.15 bits per heavy atom. The van der Waals surface area contributed by atoms with Gasteiger partial charge in [-0.3, -0.25) is 9.89 Å². The first-order chi connectivity index (χ1) is 12.2. The van der Waals surface area contributed by atoms with Crippen LogP contribution < -0.4 is 4.90 Å². The Hall–Kier alpha value is -2.70. The molecule has 0 saturated carbocycles. The molecule has 0 atom stereocenters. The monoisotopic (exact) mass is 357 g/mol. The van der Waals surface area contributed by atoms with Crippen LogP contribution in [0.3, 0.4) is 0 Å². The van der Waals surface area contributed by atoms with E-state index in [1.807, 2.05) is 39.6 Å². The van der Waals surface area contributed by atoms with Gasteiger partial charge in [-0.2, -0.15) is 0 Å². The van der Waals surface area contributed by atoms with E-state index in [4.69, 9.17) is 4.74 Å². The van der Waals surface area contributed by atoms with E-state index in [1.54, 1.807) is 17.2 Å². The Balaban J connectivity index is 2.23. The highest BCUT2D eigenvalue weighted by atomic mass is 16.6. The number of ether oxygens (including phenoxy) is 1. The van der Waals surface area contributed by atoms with Gasteiger partial charge in [0.05, 0.1) is 30.2 Å². The lowest BCUT2D eigenvalue weighted by Gasteiger charge is -2.23. The lowest BCUT2D eigenvalue weighted by atomic mass is 10.2. The third-order valence-corrected chi connectivity index (χ3v) is 3.97. The molecule has 0 fully saturated rings. The van der Waals surface area contributed by atoms with Gasteiger partial charge in [-0.15, -0.1) is 0 Å². The van der Waals surface area contributed by atoms with Crippen molar-refractivity contribution in [2.45, 2.75) is 52.8 Å². The summed E-state index contributed by atoms with van der Waals surface area (Å²) in [5.41, 5.74) is 2.85. The van der Waals surface area contributed by atoms with Crippen LogP contribution in [0.5, 0.6) is 0 Å². The topological polar surface area (TPSA) is 70.9 Å². The SMILES string of the molecule is C=C/C(=C(/CC)N=C)N(C)c1ncc2c(n1)CN(C(=O)OC(C)(C)C)C2. The number of carbonyl (C=O) groups is 1. The van der Waals surface area contributed by atoms with Crippen LogP contribution in [0.4, 0.5) is 10.7 Å². The lowest BCUT2D eigenvalue weighted by Crippen LogP contribution is -2.33. The largest absolute Gasteiger partial charge is 0.444 e.